The number of hydrogen-bond donors (Lipinski definition) is 0. The van der Waals surface area contributed by atoms with Crippen molar-refractivity contribution in [3.05, 3.63) is 169 Å². The Hall–Kier alpha value is -5.55. The summed E-state index contributed by atoms with van der Waals surface area (Å²) in [5.41, 5.74) is 5.53. The first-order valence-electron chi connectivity index (χ1n) is 18.5. The van der Waals surface area contributed by atoms with E-state index in [2.05, 4.69) is 188 Å². The Morgan fingerprint density at radius 2 is 1.24 bits per heavy atom. The molecule has 0 aliphatic carbocycles. The van der Waals surface area contributed by atoms with Gasteiger partial charge in [-0.3, -0.25) is 4.40 Å². The number of aromatic nitrogens is 5. The molecule has 0 amide bonds. The standard InChI is InChI=1S/C46H39N5SSi2/c1-46(2)34-22-17-29-41(43(34)52-39-27-15-16-28-40(39)53(46,3)4)54(32-18-7-5-8-19-32,33-20-9-6-10-21-33)42-30-31-47-44(49-42)51-38-26-14-13-25-37(38)50-36-24-12-11-23-35(36)48-45(50)51/h5-31H,1-4H3. The molecule has 0 atom stereocenters. The Morgan fingerprint density at radius 1 is 0.611 bits per heavy atom. The predicted octanol–water partition coefficient (Wildman–Crippen LogP) is 7.50. The van der Waals surface area contributed by atoms with E-state index in [-0.39, 0.29) is 5.04 Å². The van der Waals surface area contributed by atoms with Crippen molar-refractivity contribution in [2.45, 2.75) is 41.8 Å². The third-order valence-corrected chi connectivity index (χ3v) is 23.6. The minimum Gasteiger partial charge on any atom is -0.276 e. The Balaban J connectivity index is 1.32. The maximum atomic E-state index is 5.73. The van der Waals surface area contributed by atoms with Crippen molar-refractivity contribution in [1.29, 1.82) is 0 Å². The summed E-state index contributed by atoms with van der Waals surface area (Å²) in [4.78, 5) is 18.7. The molecule has 0 bridgehead atoms. The SMILES string of the molecule is CC1(C)c2cccc([Si](c3ccccc3)(c3ccccc3)c3ccnc(-n4c5ccccc5n5c6ccccc6nc45)n3)c2Sc2ccccc2[Si]1(C)C. The van der Waals surface area contributed by atoms with Crippen molar-refractivity contribution in [1.82, 2.24) is 23.9 Å². The van der Waals surface area contributed by atoms with Gasteiger partial charge in [0.25, 0.3) is 0 Å². The van der Waals surface area contributed by atoms with E-state index in [1.54, 1.807) is 0 Å². The molecule has 0 N–H and O–H groups in total. The molecule has 1 aliphatic heterocycles. The van der Waals surface area contributed by atoms with Crippen LogP contribution in [0.3, 0.4) is 0 Å². The molecule has 10 rings (SSSR count). The van der Waals surface area contributed by atoms with Gasteiger partial charge in [0.2, 0.25) is 19.8 Å². The second-order valence-electron chi connectivity index (χ2n) is 15.3. The maximum absolute atomic E-state index is 5.73. The van der Waals surface area contributed by atoms with Crippen LogP contribution in [0.2, 0.25) is 13.1 Å². The van der Waals surface area contributed by atoms with Gasteiger partial charge in [-0.25, -0.2) is 19.5 Å². The van der Waals surface area contributed by atoms with Gasteiger partial charge in [0.1, 0.15) is 0 Å². The number of imidazole rings is 2. The summed E-state index contributed by atoms with van der Waals surface area (Å²) in [6.45, 7) is 10.1. The zero-order valence-corrected chi connectivity index (χ0v) is 33.5. The van der Waals surface area contributed by atoms with E-state index in [9.17, 15) is 0 Å². The van der Waals surface area contributed by atoms with Crippen LogP contribution in [0.15, 0.2) is 174 Å². The van der Waals surface area contributed by atoms with Crippen LogP contribution < -0.4 is 26.1 Å². The van der Waals surface area contributed by atoms with Crippen molar-refractivity contribution < 1.29 is 0 Å². The average molecular weight is 750 g/mol. The van der Waals surface area contributed by atoms with Gasteiger partial charge in [-0.15, -0.1) is 0 Å². The van der Waals surface area contributed by atoms with Gasteiger partial charge >= 0.3 is 0 Å². The first-order chi connectivity index (χ1) is 26.3. The summed E-state index contributed by atoms with van der Waals surface area (Å²) >= 11 is 1.96. The van der Waals surface area contributed by atoms with E-state index in [0.717, 1.165) is 33.2 Å². The molecule has 0 radical (unpaired) electrons. The van der Waals surface area contributed by atoms with Crippen LogP contribution in [0, 0.1) is 0 Å². The molecule has 262 valence electrons. The Kier molecular flexibility index (Phi) is 7.49. The zero-order chi connectivity index (χ0) is 36.7. The fraction of sp³-hybridized carbons (Fsp3) is 0.109. The molecule has 1 aliphatic rings. The van der Waals surface area contributed by atoms with Crippen LogP contribution in [0.25, 0.3) is 33.8 Å². The van der Waals surface area contributed by atoms with E-state index in [1.165, 1.54) is 36.1 Å². The quantitative estimate of drug-likeness (QED) is 0.135. The number of hydrogen-bond acceptors (Lipinski definition) is 4. The first-order valence-corrected chi connectivity index (χ1v) is 24.4. The van der Waals surface area contributed by atoms with E-state index >= 15 is 0 Å². The van der Waals surface area contributed by atoms with Crippen LogP contribution in [-0.2, 0) is 5.04 Å². The maximum Gasteiger partial charge on any atom is 0.236 e. The van der Waals surface area contributed by atoms with Crippen LogP contribution in [0.4, 0.5) is 0 Å². The minimum absolute atomic E-state index is 0.0410. The van der Waals surface area contributed by atoms with E-state index < -0.39 is 16.1 Å². The summed E-state index contributed by atoms with van der Waals surface area (Å²) in [5, 5.41) is 6.45. The largest absolute Gasteiger partial charge is 0.276 e. The van der Waals surface area contributed by atoms with E-state index in [1.807, 2.05) is 24.0 Å². The number of benzene rings is 6. The van der Waals surface area contributed by atoms with Crippen molar-refractivity contribution in [2.75, 3.05) is 0 Å². The molecule has 0 saturated heterocycles. The normalized spacial score (nSPS) is 14.9. The molecule has 54 heavy (non-hydrogen) atoms. The molecule has 3 aromatic heterocycles. The number of fused-ring (bicyclic) bond motifs is 7. The topological polar surface area (TPSA) is 48.0 Å². The average Bonchev–Trinajstić information content (AvgIpc) is 3.72. The second kappa shape index (κ2) is 12.2. The molecular formula is C46H39N5SSi2. The highest BCUT2D eigenvalue weighted by Crippen LogP contribution is 2.45. The van der Waals surface area contributed by atoms with Crippen LogP contribution in [-0.4, -0.2) is 40.1 Å². The van der Waals surface area contributed by atoms with Crippen molar-refractivity contribution >= 4 is 81.8 Å². The van der Waals surface area contributed by atoms with Crippen LogP contribution in [0.5, 0.6) is 0 Å². The summed E-state index contributed by atoms with van der Waals surface area (Å²) in [6.07, 6.45) is 1.96. The number of rotatable bonds is 5. The molecule has 5 nitrogen and oxygen atoms in total. The lowest BCUT2D eigenvalue weighted by Gasteiger charge is -2.41. The highest BCUT2D eigenvalue weighted by atomic mass is 32.2. The van der Waals surface area contributed by atoms with Gasteiger partial charge in [-0.05, 0) is 67.7 Å². The zero-order valence-electron chi connectivity index (χ0n) is 30.7. The van der Waals surface area contributed by atoms with Gasteiger partial charge in [0.05, 0.1) is 30.1 Å². The van der Waals surface area contributed by atoms with Gasteiger partial charge in [0.15, 0.2) is 0 Å². The van der Waals surface area contributed by atoms with Crippen LogP contribution >= 0.6 is 11.8 Å². The van der Waals surface area contributed by atoms with Gasteiger partial charge < -0.3 is 0 Å². The summed E-state index contributed by atoms with van der Waals surface area (Å²) < 4.78 is 4.38. The molecule has 0 spiro atoms. The Morgan fingerprint density at radius 3 is 1.98 bits per heavy atom. The molecule has 9 aromatic rings. The van der Waals surface area contributed by atoms with E-state index in [4.69, 9.17) is 15.0 Å². The molecule has 4 heterocycles. The summed E-state index contributed by atoms with van der Waals surface area (Å²) in [7, 11) is -5.16. The lowest BCUT2D eigenvalue weighted by atomic mass is 10.0. The molecule has 0 fully saturated rings. The number of para-hydroxylation sites is 4. The monoisotopic (exact) mass is 749 g/mol. The third-order valence-electron chi connectivity index (χ3n) is 12.2. The molecule has 0 unspecified atom stereocenters. The smallest absolute Gasteiger partial charge is 0.236 e. The molecule has 8 heteroatoms. The van der Waals surface area contributed by atoms with Crippen molar-refractivity contribution in [3.8, 4) is 5.95 Å². The number of nitrogens with zero attached hydrogens (tertiary/aromatic N) is 5. The minimum atomic E-state index is -3.14. The van der Waals surface area contributed by atoms with Gasteiger partial charge in [-0.2, -0.15) is 0 Å². The fourth-order valence-corrected chi connectivity index (χ4v) is 19.0. The summed E-state index contributed by atoms with van der Waals surface area (Å²) in [5.74, 6) is 1.42. The predicted molar refractivity (Wildman–Crippen MR) is 229 cm³/mol. The Bertz CT molecular complexity index is 2840. The molecular weight excluding hydrogens is 711 g/mol. The first kappa shape index (κ1) is 33.1. The lowest BCUT2D eigenvalue weighted by molar-refractivity contribution is 0.711. The second-order valence-corrected chi connectivity index (χ2v) is 25.1. The van der Waals surface area contributed by atoms with Gasteiger partial charge in [-0.1, -0.05) is 160 Å². The highest BCUT2D eigenvalue weighted by molar-refractivity contribution is 8.00. The van der Waals surface area contributed by atoms with Gasteiger partial charge in [0, 0.05) is 21.3 Å². The molecule has 6 aromatic carbocycles. The summed E-state index contributed by atoms with van der Waals surface area (Å²) in [6, 6.07) is 57.5. The Labute approximate surface area is 321 Å². The molecule has 0 saturated carbocycles. The fourth-order valence-electron chi connectivity index (χ4n) is 8.79. The van der Waals surface area contributed by atoms with Crippen molar-refractivity contribution in [3.63, 3.8) is 0 Å². The van der Waals surface area contributed by atoms with Crippen molar-refractivity contribution in [2.24, 2.45) is 0 Å². The lowest BCUT2D eigenvalue weighted by Crippen LogP contribution is -2.76. The third kappa shape index (κ3) is 4.60. The van der Waals surface area contributed by atoms with E-state index in [0.29, 0.717) is 5.95 Å². The highest BCUT2D eigenvalue weighted by Gasteiger charge is 2.50. The van der Waals surface area contributed by atoms with Crippen LogP contribution in [0.1, 0.15) is 19.4 Å².